The van der Waals surface area contributed by atoms with Gasteiger partial charge in [0.2, 0.25) is 5.91 Å². The van der Waals surface area contributed by atoms with E-state index in [1.807, 2.05) is 37.3 Å². The lowest BCUT2D eigenvalue weighted by Gasteiger charge is -2.32. The normalized spacial score (nSPS) is 17.9. The highest BCUT2D eigenvalue weighted by Gasteiger charge is 2.20. The molecule has 0 spiro atoms. The number of hydrogen-bond donors (Lipinski definition) is 3. The number of aromatic nitrogens is 2. The number of amides is 1. The number of anilines is 3. The fourth-order valence-electron chi connectivity index (χ4n) is 2.99. The first kappa shape index (κ1) is 19.5. The summed E-state index contributed by atoms with van der Waals surface area (Å²) in [5, 5.41) is 11.2. The molecule has 1 saturated heterocycles. The highest BCUT2D eigenvalue weighted by atomic mass is 32.2. The Morgan fingerprint density at radius 2 is 2.07 bits per heavy atom. The predicted molar refractivity (Wildman–Crippen MR) is 117 cm³/mol. The van der Waals surface area contributed by atoms with Gasteiger partial charge in [-0.1, -0.05) is 6.92 Å². The quantitative estimate of drug-likeness (QED) is 0.628. The lowest BCUT2D eigenvalue weighted by atomic mass is 10.2. The highest BCUT2D eigenvalue weighted by Crippen LogP contribution is 2.30. The second kappa shape index (κ2) is 8.69. The third-order valence-electron chi connectivity index (χ3n) is 4.73. The molecule has 2 aromatic rings. The monoisotopic (exact) mass is 411 g/mol. The van der Waals surface area contributed by atoms with E-state index in [2.05, 4.69) is 38.0 Å². The lowest BCUT2D eigenvalue weighted by Crippen LogP contribution is -2.37. The molecular formula is C20H25N7OS. The Labute approximate surface area is 174 Å². The molecule has 2 aliphatic heterocycles. The Balaban J connectivity index is 1.51. The summed E-state index contributed by atoms with van der Waals surface area (Å²) < 4.78 is 0. The van der Waals surface area contributed by atoms with E-state index >= 15 is 0 Å². The van der Waals surface area contributed by atoms with Crippen molar-refractivity contribution in [1.29, 1.82) is 0 Å². The van der Waals surface area contributed by atoms with Crippen molar-refractivity contribution in [3.63, 3.8) is 0 Å². The number of hydrogen-bond acceptors (Lipinski definition) is 8. The highest BCUT2D eigenvalue weighted by molar-refractivity contribution is 7.99. The van der Waals surface area contributed by atoms with Crippen molar-refractivity contribution >= 4 is 40.8 Å². The van der Waals surface area contributed by atoms with E-state index < -0.39 is 0 Å². The third kappa shape index (κ3) is 4.97. The maximum Gasteiger partial charge on any atom is 0.224 e. The first-order chi connectivity index (χ1) is 14.1. The Morgan fingerprint density at radius 1 is 1.28 bits per heavy atom. The SMILES string of the molecule is CCC(=O)Nc1ccc(Sc2nc(NC3=NNC(C)C3)cc(N3CCC3)n2)cc1. The molecule has 0 saturated carbocycles. The molecule has 8 nitrogen and oxygen atoms in total. The number of nitrogens with one attached hydrogen (secondary N) is 3. The number of rotatable bonds is 6. The van der Waals surface area contributed by atoms with Crippen molar-refractivity contribution in [2.24, 2.45) is 5.10 Å². The van der Waals surface area contributed by atoms with Crippen LogP contribution in [0.4, 0.5) is 17.3 Å². The second-order valence-corrected chi connectivity index (χ2v) is 8.22. The fraction of sp³-hybridized carbons (Fsp3) is 0.400. The molecule has 4 rings (SSSR count). The molecule has 1 aromatic heterocycles. The van der Waals surface area contributed by atoms with Crippen molar-refractivity contribution in [1.82, 2.24) is 15.4 Å². The van der Waals surface area contributed by atoms with Crippen LogP contribution in [0, 0.1) is 0 Å². The van der Waals surface area contributed by atoms with Gasteiger partial charge in [-0.2, -0.15) is 5.10 Å². The van der Waals surface area contributed by atoms with Crippen LogP contribution in [0.2, 0.25) is 0 Å². The van der Waals surface area contributed by atoms with Crippen molar-refractivity contribution in [3.8, 4) is 0 Å². The van der Waals surface area contributed by atoms with E-state index in [1.165, 1.54) is 18.2 Å². The minimum atomic E-state index is 0.00494. The standard InChI is InChI=1S/C20H25N7OS/c1-3-19(28)21-14-5-7-15(8-6-14)29-20-23-16(22-17-11-13(2)25-26-17)12-18(24-20)27-9-4-10-27/h5-8,12-13,25H,3-4,9-11H2,1-2H3,(H,21,28)(H,22,23,24,26). The van der Waals surface area contributed by atoms with Crippen LogP contribution in [0.1, 0.15) is 33.1 Å². The molecule has 0 bridgehead atoms. The number of amidine groups is 1. The molecule has 9 heteroatoms. The van der Waals surface area contributed by atoms with Crippen LogP contribution in [0.3, 0.4) is 0 Å². The van der Waals surface area contributed by atoms with Gasteiger partial charge in [-0.05, 0) is 49.4 Å². The topological polar surface area (TPSA) is 94.5 Å². The molecule has 1 aromatic carbocycles. The van der Waals surface area contributed by atoms with E-state index in [-0.39, 0.29) is 5.91 Å². The van der Waals surface area contributed by atoms with Crippen LogP contribution >= 0.6 is 11.8 Å². The minimum absolute atomic E-state index is 0.00494. The molecule has 1 fully saturated rings. The van der Waals surface area contributed by atoms with Crippen molar-refractivity contribution in [2.45, 2.75) is 49.2 Å². The Hall–Kier alpha value is -2.81. The zero-order valence-electron chi connectivity index (χ0n) is 16.6. The molecule has 1 amide bonds. The lowest BCUT2D eigenvalue weighted by molar-refractivity contribution is -0.115. The summed E-state index contributed by atoms with van der Waals surface area (Å²) in [6, 6.07) is 10.0. The Morgan fingerprint density at radius 3 is 2.69 bits per heavy atom. The van der Waals surface area contributed by atoms with Crippen molar-refractivity contribution in [2.75, 3.05) is 28.6 Å². The maximum atomic E-state index is 11.5. The molecule has 2 aliphatic rings. The van der Waals surface area contributed by atoms with Crippen molar-refractivity contribution in [3.05, 3.63) is 30.3 Å². The summed E-state index contributed by atoms with van der Waals surface area (Å²) in [4.78, 5) is 24.2. The van der Waals surface area contributed by atoms with Gasteiger partial charge in [0.25, 0.3) is 0 Å². The van der Waals surface area contributed by atoms with Gasteiger partial charge in [-0.3, -0.25) is 4.79 Å². The number of nitrogens with zero attached hydrogens (tertiary/aromatic N) is 4. The van der Waals surface area contributed by atoms with Gasteiger partial charge in [0.05, 0.1) is 0 Å². The molecule has 0 aliphatic carbocycles. The van der Waals surface area contributed by atoms with Crippen LogP contribution < -0.4 is 21.0 Å². The molecule has 1 atom stereocenters. The fourth-order valence-corrected chi connectivity index (χ4v) is 3.75. The summed E-state index contributed by atoms with van der Waals surface area (Å²) in [5.41, 5.74) is 3.85. The maximum absolute atomic E-state index is 11.5. The predicted octanol–water partition coefficient (Wildman–Crippen LogP) is 3.29. The van der Waals surface area contributed by atoms with E-state index in [4.69, 9.17) is 4.98 Å². The van der Waals surface area contributed by atoms with Crippen LogP contribution in [0.25, 0.3) is 0 Å². The summed E-state index contributed by atoms with van der Waals surface area (Å²) >= 11 is 1.50. The van der Waals surface area contributed by atoms with E-state index in [0.29, 0.717) is 17.6 Å². The molecular weight excluding hydrogens is 386 g/mol. The molecule has 152 valence electrons. The molecule has 29 heavy (non-hydrogen) atoms. The van der Waals surface area contributed by atoms with Gasteiger partial charge in [-0.15, -0.1) is 0 Å². The molecule has 3 heterocycles. The van der Waals surface area contributed by atoms with Gasteiger partial charge in [0.1, 0.15) is 17.5 Å². The van der Waals surface area contributed by atoms with Gasteiger partial charge in [-0.25, -0.2) is 9.97 Å². The molecule has 0 radical (unpaired) electrons. The first-order valence-electron chi connectivity index (χ1n) is 9.90. The summed E-state index contributed by atoms with van der Waals surface area (Å²) in [7, 11) is 0. The third-order valence-corrected chi connectivity index (χ3v) is 5.61. The molecule has 1 unspecified atom stereocenters. The summed E-state index contributed by atoms with van der Waals surface area (Å²) in [5.74, 6) is 2.58. The Bertz CT molecular complexity index is 912. The van der Waals surface area contributed by atoms with Gasteiger partial charge in [0.15, 0.2) is 5.16 Å². The van der Waals surface area contributed by atoms with Crippen LogP contribution in [-0.4, -0.2) is 40.8 Å². The van der Waals surface area contributed by atoms with Gasteiger partial charge >= 0.3 is 0 Å². The average Bonchev–Trinajstić information content (AvgIpc) is 3.06. The largest absolute Gasteiger partial charge is 0.356 e. The van der Waals surface area contributed by atoms with E-state index in [1.54, 1.807) is 0 Å². The minimum Gasteiger partial charge on any atom is -0.356 e. The van der Waals surface area contributed by atoms with Gasteiger partial charge in [0, 0.05) is 48.6 Å². The molecule has 3 N–H and O–H groups in total. The van der Waals surface area contributed by atoms with Crippen LogP contribution in [-0.2, 0) is 4.79 Å². The van der Waals surface area contributed by atoms with Gasteiger partial charge < -0.3 is 21.0 Å². The Kier molecular flexibility index (Phi) is 5.84. The van der Waals surface area contributed by atoms with Crippen LogP contribution in [0.5, 0.6) is 0 Å². The number of hydrazone groups is 1. The second-order valence-electron chi connectivity index (χ2n) is 7.18. The summed E-state index contributed by atoms with van der Waals surface area (Å²) in [6.07, 6.45) is 2.49. The number of carbonyl (C=O) groups is 1. The van der Waals surface area contributed by atoms with Crippen molar-refractivity contribution < 1.29 is 4.79 Å². The van der Waals surface area contributed by atoms with E-state index in [0.717, 1.165) is 47.6 Å². The number of benzene rings is 1. The summed E-state index contributed by atoms with van der Waals surface area (Å²) in [6.45, 7) is 5.97. The zero-order valence-corrected chi connectivity index (χ0v) is 17.4. The van der Waals surface area contributed by atoms with Crippen LogP contribution in [0.15, 0.2) is 45.5 Å². The van der Waals surface area contributed by atoms with E-state index in [9.17, 15) is 4.79 Å². The average molecular weight is 412 g/mol. The first-order valence-corrected chi connectivity index (χ1v) is 10.7. The number of carbonyl (C=O) groups excluding carboxylic acids is 1. The smallest absolute Gasteiger partial charge is 0.224 e. The zero-order chi connectivity index (χ0) is 20.2.